The van der Waals surface area contributed by atoms with Crippen molar-refractivity contribution < 1.29 is 9.50 Å². The van der Waals surface area contributed by atoms with Crippen LogP contribution in [0.15, 0.2) is 24.4 Å². The minimum Gasteiger partial charge on any atom is -0.386 e. The molecule has 14 heavy (non-hydrogen) atoms. The monoisotopic (exact) mass is 193 g/mol. The van der Waals surface area contributed by atoms with Crippen LogP contribution in [0.5, 0.6) is 0 Å². The van der Waals surface area contributed by atoms with Gasteiger partial charge in [-0.25, -0.2) is 4.39 Å². The lowest BCUT2D eigenvalue weighted by Gasteiger charge is -2.16. The predicted octanol–water partition coefficient (Wildman–Crippen LogP) is 2.53. The van der Waals surface area contributed by atoms with Crippen LogP contribution < -0.4 is 0 Å². The van der Waals surface area contributed by atoms with Crippen molar-refractivity contribution in [1.82, 2.24) is 4.98 Å². The van der Waals surface area contributed by atoms with Gasteiger partial charge >= 0.3 is 0 Å². The normalized spacial score (nSPS) is 12.3. The zero-order valence-corrected chi connectivity index (χ0v) is 8.13. The molecule has 1 heterocycles. The smallest absolute Gasteiger partial charge is 0.132 e. The maximum absolute atomic E-state index is 13.5. The zero-order chi connectivity index (χ0) is 10.3. The van der Waals surface area contributed by atoms with E-state index in [1.54, 1.807) is 32.2 Å². The lowest BCUT2D eigenvalue weighted by Crippen LogP contribution is -2.14. The average Bonchev–Trinajstić information content (AvgIpc) is 2.47. The van der Waals surface area contributed by atoms with Crippen molar-refractivity contribution in [2.24, 2.45) is 0 Å². The number of hydrogen-bond acceptors (Lipinski definition) is 1. The Balaban J connectivity index is 2.80. The minimum absolute atomic E-state index is 0.305. The molecule has 74 valence electrons. The summed E-state index contributed by atoms with van der Waals surface area (Å²) in [6, 6.07) is 4.82. The molecule has 0 aliphatic rings. The summed E-state index contributed by atoms with van der Waals surface area (Å²) in [6.07, 6.45) is 1.65. The van der Waals surface area contributed by atoms with Gasteiger partial charge in [-0.1, -0.05) is 6.07 Å². The van der Waals surface area contributed by atoms with E-state index in [0.29, 0.717) is 16.5 Å². The van der Waals surface area contributed by atoms with Crippen molar-refractivity contribution in [3.05, 3.63) is 35.8 Å². The first-order valence-electron chi connectivity index (χ1n) is 4.48. The lowest BCUT2D eigenvalue weighted by molar-refractivity contribution is 0.0800. The van der Waals surface area contributed by atoms with Gasteiger partial charge in [0.2, 0.25) is 0 Å². The van der Waals surface area contributed by atoms with E-state index in [1.807, 2.05) is 0 Å². The van der Waals surface area contributed by atoms with Crippen LogP contribution >= 0.6 is 0 Å². The average molecular weight is 193 g/mol. The van der Waals surface area contributed by atoms with Gasteiger partial charge in [0.1, 0.15) is 5.82 Å². The van der Waals surface area contributed by atoms with E-state index in [9.17, 15) is 9.50 Å². The SMILES string of the molecule is CC(C)(O)c1c[nH]c2cccc(F)c12. The summed E-state index contributed by atoms with van der Waals surface area (Å²) in [4.78, 5) is 2.94. The molecular weight excluding hydrogens is 181 g/mol. The molecule has 1 aromatic carbocycles. The van der Waals surface area contributed by atoms with Crippen LogP contribution in [0.25, 0.3) is 10.9 Å². The zero-order valence-electron chi connectivity index (χ0n) is 8.13. The number of fused-ring (bicyclic) bond motifs is 1. The van der Waals surface area contributed by atoms with Crippen molar-refractivity contribution in [3.8, 4) is 0 Å². The molecule has 0 fully saturated rings. The number of nitrogens with one attached hydrogen (secondary N) is 1. The molecule has 2 rings (SSSR count). The first-order valence-corrected chi connectivity index (χ1v) is 4.48. The van der Waals surface area contributed by atoms with Gasteiger partial charge in [0.15, 0.2) is 0 Å². The van der Waals surface area contributed by atoms with Gasteiger partial charge in [0, 0.05) is 22.7 Å². The van der Waals surface area contributed by atoms with E-state index in [1.165, 1.54) is 6.07 Å². The van der Waals surface area contributed by atoms with Crippen molar-refractivity contribution in [1.29, 1.82) is 0 Å². The number of rotatable bonds is 1. The molecule has 1 aromatic heterocycles. The van der Waals surface area contributed by atoms with Crippen LogP contribution in [-0.4, -0.2) is 10.1 Å². The first kappa shape index (κ1) is 9.21. The van der Waals surface area contributed by atoms with Crippen LogP contribution in [0.1, 0.15) is 19.4 Å². The molecule has 0 saturated carbocycles. The lowest BCUT2D eigenvalue weighted by atomic mass is 9.98. The molecule has 0 amide bonds. The number of benzene rings is 1. The molecule has 2 nitrogen and oxygen atoms in total. The summed E-state index contributed by atoms with van der Waals surface area (Å²) < 4.78 is 13.5. The van der Waals surface area contributed by atoms with E-state index in [-0.39, 0.29) is 5.82 Å². The van der Waals surface area contributed by atoms with Crippen molar-refractivity contribution in [3.63, 3.8) is 0 Å². The molecule has 0 aliphatic heterocycles. The molecule has 0 bridgehead atoms. The third kappa shape index (κ3) is 1.30. The summed E-state index contributed by atoms with van der Waals surface area (Å²) in [5.74, 6) is -0.305. The van der Waals surface area contributed by atoms with Gasteiger partial charge in [-0.05, 0) is 26.0 Å². The van der Waals surface area contributed by atoms with Crippen LogP contribution in [0.4, 0.5) is 4.39 Å². The highest BCUT2D eigenvalue weighted by atomic mass is 19.1. The fourth-order valence-corrected chi connectivity index (χ4v) is 1.62. The Bertz CT molecular complexity index is 468. The van der Waals surface area contributed by atoms with E-state index in [4.69, 9.17) is 0 Å². The standard InChI is InChI=1S/C11H12FNO/c1-11(2,14)7-6-13-9-5-3-4-8(12)10(7)9/h3-6,13-14H,1-2H3. The van der Waals surface area contributed by atoms with Crippen LogP contribution in [0.2, 0.25) is 0 Å². The molecule has 0 aliphatic carbocycles. The summed E-state index contributed by atoms with van der Waals surface area (Å²) in [5, 5.41) is 10.3. The third-order valence-electron chi connectivity index (χ3n) is 2.31. The highest BCUT2D eigenvalue weighted by molar-refractivity contribution is 5.84. The number of aliphatic hydroxyl groups is 1. The molecule has 2 N–H and O–H groups in total. The molecule has 0 spiro atoms. The van der Waals surface area contributed by atoms with Crippen molar-refractivity contribution in [2.75, 3.05) is 0 Å². The number of hydrogen-bond donors (Lipinski definition) is 2. The fraction of sp³-hybridized carbons (Fsp3) is 0.273. The Hall–Kier alpha value is -1.35. The Morgan fingerprint density at radius 2 is 2.07 bits per heavy atom. The first-order chi connectivity index (χ1) is 6.50. The topological polar surface area (TPSA) is 36.0 Å². The molecule has 0 saturated heterocycles. The van der Waals surface area contributed by atoms with Gasteiger partial charge in [0.05, 0.1) is 5.60 Å². The molecule has 2 aromatic rings. The van der Waals surface area contributed by atoms with E-state index in [0.717, 1.165) is 0 Å². The van der Waals surface area contributed by atoms with Crippen LogP contribution in [0, 0.1) is 5.82 Å². The Morgan fingerprint density at radius 3 is 2.71 bits per heavy atom. The predicted molar refractivity (Wildman–Crippen MR) is 53.5 cm³/mol. The molecule has 0 radical (unpaired) electrons. The number of aromatic amines is 1. The van der Waals surface area contributed by atoms with Crippen LogP contribution in [-0.2, 0) is 5.60 Å². The minimum atomic E-state index is -1.03. The van der Waals surface area contributed by atoms with E-state index >= 15 is 0 Å². The maximum Gasteiger partial charge on any atom is 0.132 e. The third-order valence-corrected chi connectivity index (χ3v) is 2.31. The van der Waals surface area contributed by atoms with Gasteiger partial charge in [-0.2, -0.15) is 0 Å². The summed E-state index contributed by atoms with van der Waals surface area (Å²) >= 11 is 0. The molecule has 0 atom stereocenters. The largest absolute Gasteiger partial charge is 0.386 e. The van der Waals surface area contributed by atoms with Gasteiger partial charge < -0.3 is 10.1 Å². The van der Waals surface area contributed by atoms with Gasteiger partial charge in [-0.15, -0.1) is 0 Å². The van der Waals surface area contributed by atoms with Gasteiger partial charge in [0.25, 0.3) is 0 Å². The maximum atomic E-state index is 13.5. The summed E-state index contributed by atoms with van der Waals surface area (Å²) in [6.45, 7) is 3.28. The van der Waals surface area contributed by atoms with Crippen molar-refractivity contribution >= 4 is 10.9 Å². The summed E-state index contributed by atoms with van der Waals surface area (Å²) in [5.41, 5.74) is 0.271. The second-order valence-electron chi connectivity index (χ2n) is 3.92. The quantitative estimate of drug-likeness (QED) is 0.717. The second kappa shape index (κ2) is 2.82. The Labute approximate surface area is 81.4 Å². The number of aromatic nitrogens is 1. The second-order valence-corrected chi connectivity index (χ2v) is 3.92. The van der Waals surface area contributed by atoms with Crippen molar-refractivity contribution in [2.45, 2.75) is 19.4 Å². The Morgan fingerprint density at radius 1 is 1.36 bits per heavy atom. The molecular formula is C11H12FNO. The van der Waals surface area contributed by atoms with Gasteiger partial charge in [-0.3, -0.25) is 0 Å². The molecule has 3 heteroatoms. The Kier molecular flexibility index (Phi) is 1.86. The molecule has 0 unspecified atom stereocenters. The highest BCUT2D eigenvalue weighted by Gasteiger charge is 2.21. The number of H-pyrrole nitrogens is 1. The highest BCUT2D eigenvalue weighted by Crippen LogP contribution is 2.29. The van der Waals surface area contributed by atoms with E-state index in [2.05, 4.69) is 4.98 Å². The van der Waals surface area contributed by atoms with E-state index < -0.39 is 5.60 Å². The fourth-order valence-electron chi connectivity index (χ4n) is 1.62. The van der Waals surface area contributed by atoms with Crippen LogP contribution in [0.3, 0.4) is 0 Å². The summed E-state index contributed by atoms with van der Waals surface area (Å²) in [7, 11) is 0. The number of halogens is 1.